The summed E-state index contributed by atoms with van der Waals surface area (Å²) in [5.74, 6) is 1.23. The van der Waals surface area contributed by atoms with Crippen LogP contribution >= 0.6 is 0 Å². The number of hydrogen-bond acceptors (Lipinski definition) is 4. The molecular weight excluding hydrogens is 286 g/mol. The minimum Gasteiger partial charge on any atom is -0.384 e. The first-order valence-electron chi connectivity index (χ1n) is 8.24. The molecule has 23 heavy (non-hydrogen) atoms. The Kier molecular flexibility index (Phi) is 2.92. The number of aryl methyl sites for hydroxylation is 2. The molecule has 5 nitrogen and oxygen atoms in total. The van der Waals surface area contributed by atoms with E-state index in [1.165, 1.54) is 17.5 Å². The van der Waals surface area contributed by atoms with Crippen LogP contribution in [0.25, 0.3) is 11.0 Å². The Balaban J connectivity index is 2.06. The van der Waals surface area contributed by atoms with Gasteiger partial charge in [-0.3, -0.25) is 4.57 Å². The molecule has 1 saturated carbocycles. The Bertz CT molecular complexity index is 875. The Hall–Kier alpha value is -2.48. The normalized spacial score (nSPS) is 19.5. The lowest BCUT2D eigenvalue weighted by Gasteiger charge is -2.42. The van der Waals surface area contributed by atoms with E-state index in [1.54, 1.807) is 0 Å². The number of allylic oxidation sites excluding steroid dienone is 1. The molecule has 118 valence electrons. The van der Waals surface area contributed by atoms with Crippen molar-refractivity contribution in [3.8, 4) is 6.07 Å². The highest BCUT2D eigenvalue weighted by Gasteiger charge is 2.44. The fourth-order valence-electron chi connectivity index (χ4n) is 4.17. The Morgan fingerprint density at radius 1 is 1.22 bits per heavy atom. The van der Waals surface area contributed by atoms with Crippen molar-refractivity contribution < 1.29 is 0 Å². The van der Waals surface area contributed by atoms with E-state index >= 15 is 0 Å². The van der Waals surface area contributed by atoms with E-state index in [0.717, 1.165) is 42.7 Å². The smallest absolute Gasteiger partial charge is 0.210 e. The second-order valence-corrected chi connectivity index (χ2v) is 6.81. The van der Waals surface area contributed by atoms with Gasteiger partial charge in [-0.2, -0.15) is 5.26 Å². The molecule has 2 heterocycles. The molecular formula is C18H21N5. The van der Waals surface area contributed by atoms with Crippen LogP contribution in [0.15, 0.2) is 23.5 Å². The molecule has 3 N–H and O–H groups in total. The number of nitrogens with zero attached hydrogens (tertiary/aromatic N) is 3. The quantitative estimate of drug-likeness (QED) is 0.781. The highest BCUT2D eigenvalue weighted by molar-refractivity contribution is 5.82. The predicted octanol–water partition coefficient (Wildman–Crippen LogP) is 3.43. The van der Waals surface area contributed by atoms with Gasteiger partial charge in [0.15, 0.2) is 0 Å². The van der Waals surface area contributed by atoms with E-state index in [1.807, 2.05) is 0 Å². The third-order valence-corrected chi connectivity index (χ3v) is 5.47. The minimum atomic E-state index is -0.339. The van der Waals surface area contributed by atoms with Crippen molar-refractivity contribution in [1.82, 2.24) is 9.55 Å². The van der Waals surface area contributed by atoms with Crippen LogP contribution in [0, 0.1) is 25.2 Å². The van der Waals surface area contributed by atoms with E-state index in [-0.39, 0.29) is 5.54 Å². The van der Waals surface area contributed by atoms with E-state index in [9.17, 15) is 5.26 Å². The lowest BCUT2D eigenvalue weighted by atomic mass is 9.75. The third kappa shape index (κ3) is 1.81. The number of benzene rings is 1. The number of hydrogen-bond donors (Lipinski definition) is 2. The first-order chi connectivity index (χ1) is 11.1. The van der Waals surface area contributed by atoms with Gasteiger partial charge in [-0.15, -0.1) is 0 Å². The van der Waals surface area contributed by atoms with E-state index in [4.69, 9.17) is 10.7 Å². The maximum Gasteiger partial charge on any atom is 0.210 e. The number of nitrogens with two attached hydrogens (primary N) is 1. The van der Waals surface area contributed by atoms with E-state index in [0.29, 0.717) is 11.4 Å². The van der Waals surface area contributed by atoms with Gasteiger partial charge >= 0.3 is 0 Å². The fourth-order valence-corrected chi connectivity index (χ4v) is 4.17. The molecule has 0 radical (unpaired) electrons. The second-order valence-electron chi connectivity index (χ2n) is 6.81. The maximum absolute atomic E-state index is 9.75. The largest absolute Gasteiger partial charge is 0.384 e. The summed E-state index contributed by atoms with van der Waals surface area (Å²) < 4.78 is 2.24. The summed E-state index contributed by atoms with van der Waals surface area (Å²) in [5, 5.41) is 12.9. The number of aromatic nitrogens is 2. The molecule has 0 atom stereocenters. The van der Waals surface area contributed by atoms with Crippen LogP contribution < -0.4 is 11.1 Å². The van der Waals surface area contributed by atoms with Crippen molar-refractivity contribution in [2.75, 3.05) is 5.32 Å². The first kappa shape index (κ1) is 14.1. The average Bonchev–Trinajstić information content (AvgIpc) is 2.86. The van der Waals surface area contributed by atoms with Gasteiger partial charge in [0.05, 0.1) is 22.1 Å². The second kappa shape index (κ2) is 4.76. The molecule has 4 rings (SSSR count). The summed E-state index contributed by atoms with van der Waals surface area (Å²) in [4.78, 5) is 4.75. The molecule has 0 unspecified atom stereocenters. The molecule has 5 heteroatoms. The highest BCUT2D eigenvalue weighted by atomic mass is 15.3. The minimum absolute atomic E-state index is 0.339. The van der Waals surface area contributed by atoms with Gasteiger partial charge in [0.25, 0.3) is 0 Å². The molecule has 2 aromatic rings. The summed E-state index contributed by atoms with van der Waals surface area (Å²) in [6, 6.07) is 6.69. The monoisotopic (exact) mass is 307 g/mol. The van der Waals surface area contributed by atoms with Gasteiger partial charge in [0.2, 0.25) is 5.95 Å². The molecule has 1 aromatic heterocycles. The number of anilines is 1. The summed E-state index contributed by atoms with van der Waals surface area (Å²) in [7, 11) is 0. The Labute approximate surface area is 135 Å². The highest BCUT2D eigenvalue weighted by Crippen LogP contribution is 2.47. The molecule has 2 aliphatic rings. The first-order valence-corrected chi connectivity index (χ1v) is 8.24. The van der Waals surface area contributed by atoms with Crippen LogP contribution in [-0.4, -0.2) is 9.55 Å². The van der Waals surface area contributed by atoms with Gasteiger partial charge in [-0.05, 0) is 49.9 Å². The fraction of sp³-hybridized carbons (Fsp3) is 0.444. The van der Waals surface area contributed by atoms with Crippen molar-refractivity contribution in [1.29, 1.82) is 5.26 Å². The van der Waals surface area contributed by atoms with Crippen molar-refractivity contribution in [2.24, 2.45) is 5.73 Å². The van der Waals surface area contributed by atoms with Crippen LogP contribution in [0.1, 0.15) is 43.2 Å². The van der Waals surface area contributed by atoms with Crippen molar-refractivity contribution >= 4 is 17.0 Å². The number of rotatable bonds is 0. The lowest BCUT2D eigenvalue weighted by Crippen LogP contribution is -2.43. The molecule has 0 amide bonds. The van der Waals surface area contributed by atoms with E-state index < -0.39 is 0 Å². The zero-order valence-electron chi connectivity index (χ0n) is 13.6. The van der Waals surface area contributed by atoms with Gasteiger partial charge in [0, 0.05) is 0 Å². The van der Waals surface area contributed by atoms with Gasteiger partial charge in [-0.1, -0.05) is 19.3 Å². The molecule has 1 aliphatic heterocycles. The number of nitriles is 1. The predicted molar refractivity (Wildman–Crippen MR) is 90.7 cm³/mol. The summed E-state index contributed by atoms with van der Waals surface area (Å²) in [6.45, 7) is 4.22. The van der Waals surface area contributed by atoms with Crippen molar-refractivity contribution in [3.05, 3.63) is 34.7 Å². The topological polar surface area (TPSA) is 79.7 Å². The standard InChI is InChI=1S/C18H21N5/c1-11-8-14-15(9-12(11)2)23-17(21-14)22-16(20)13(10-19)18(23)6-4-3-5-7-18/h8-9H,3-7,20H2,1-2H3,(H,21,22). The number of nitrogens with one attached hydrogen (secondary N) is 1. The Morgan fingerprint density at radius 3 is 2.61 bits per heavy atom. The number of fused-ring (bicyclic) bond motifs is 4. The molecule has 1 fully saturated rings. The van der Waals surface area contributed by atoms with Crippen LogP contribution in [0.3, 0.4) is 0 Å². The molecule has 0 saturated heterocycles. The van der Waals surface area contributed by atoms with Gasteiger partial charge in [-0.25, -0.2) is 4.98 Å². The zero-order valence-corrected chi connectivity index (χ0v) is 13.6. The summed E-state index contributed by atoms with van der Waals surface area (Å²) in [6.07, 6.45) is 5.34. The molecule has 1 spiro atoms. The maximum atomic E-state index is 9.75. The number of imidazole rings is 1. The van der Waals surface area contributed by atoms with Crippen molar-refractivity contribution in [2.45, 2.75) is 51.5 Å². The van der Waals surface area contributed by atoms with Gasteiger partial charge < -0.3 is 11.1 Å². The zero-order chi connectivity index (χ0) is 16.2. The molecule has 1 aliphatic carbocycles. The third-order valence-electron chi connectivity index (χ3n) is 5.47. The Morgan fingerprint density at radius 2 is 1.91 bits per heavy atom. The molecule has 1 aromatic carbocycles. The molecule has 0 bridgehead atoms. The lowest BCUT2D eigenvalue weighted by molar-refractivity contribution is 0.249. The average molecular weight is 307 g/mol. The SMILES string of the molecule is Cc1cc2nc3n(c2cc1C)C1(CCCCC1)C(C#N)=C(N)N3. The van der Waals surface area contributed by atoms with E-state index in [2.05, 4.69) is 41.9 Å². The van der Waals surface area contributed by atoms with Crippen LogP contribution in [0.4, 0.5) is 5.95 Å². The summed E-state index contributed by atoms with van der Waals surface area (Å²) in [5.41, 5.74) is 11.0. The van der Waals surface area contributed by atoms with Crippen LogP contribution in [0.5, 0.6) is 0 Å². The van der Waals surface area contributed by atoms with Crippen LogP contribution in [0.2, 0.25) is 0 Å². The van der Waals surface area contributed by atoms with Crippen LogP contribution in [-0.2, 0) is 5.54 Å². The summed E-state index contributed by atoms with van der Waals surface area (Å²) >= 11 is 0. The van der Waals surface area contributed by atoms with Gasteiger partial charge in [0.1, 0.15) is 11.9 Å². The van der Waals surface area contributed by atoms with Crippen molar-refractivity contribution in [3.63, 3.8) is 0 Å².